The molecule has 4 N–H and O–H groups in total. The Morgan fingerprint density at radius 1 is 1.19 bits per heavy atom. The zero-order valence-corrected chi connectivity index (χ0v) is 17.0. The smallest absolute Gasteiger partial charge is 0.358 e. The van der Waals surface area contributed by atoms with Gasteiger partial charge in [-0.25, -0.2) is 9.78 Å². The summed E-state index contributed by atoms with van der Waals surface area (Å²) in [6.45, 7) is 0. The van der Waals surface area contributed by atoms with Crippen LogP contribution in [0.4, 0.5) is 11.5 Å². The number of pyridine rings is 1. The zero-order chi connectivity index (χ0) is 21.5. The quantitative estimate of drug-likeness (QED) is 0.531. The minimum absolute atomic E-state index is 0.189. The summed E-state index contributed by atoms with van der Waals surface area (Å²) in [5.74, 6) is -0.226. The first-order valence-corrected chi connectivity index (χ1v) is 10.3. The monoisotopic (exact) mass is 421 g/mol. The van der Waals surface area contributed by atoms with Gasteiger partial charge in [-0.1, -0.05) is 0 Å². The third kappa shape index (κ3) is 3.33. The van der Waals surface area contributed by atoms with Crippen LogP contribution >= 0.6 is 0 Å². The number of primary amides is 1. The van der Waals surface area contributed by atoms with Crippen molar-refractivity contribution >= 4 is 34.4 Å². The largest absolute Gasteiger partial charge is 0.464 e. The molecule has 1 amide bonds. The molecule has 3 aromatic rings. The number of carbonyl (C=O) groups excluding carboxylic acids is 2. The van der Waals surface area contributed by atoms with E-state index in [0.29, 0.717) is 23.3 Å². The van der Waals surface area contributed by atoms with Crippen LogP contribution in [0.2, 0.25) is 0 Å². The predicted molar refractivity (Wildman–Crippen MR) is 114 cm³/mol. The SMILES string of the molecule is COC(=O)c1ccc(N2[C@@H]3CC[C@H]2CC(Nc2c(C(N)=O)cnc4[nH]ccc24)C3)nn1. The summed E-state index contributed by atoms with van der Waals surface area (Å²) in [6, 6.07) is 6.17. The topological polar surface area (TPSA) is 139 Å². The summed E-state index contributed by atoms with van der Waals surface area (Å²) in [6.07, 6.45) is 7.22. The second kappa shape index (κ2) is 7.53. The lowest BCUT2D eigenvalue weighted by atomic mass is 9.96. The molecular formula is C21H23N7O3. The maximum absolute atomic E-state index is 12.0. The van der Waals surface area contributed by atoms with Gasteiger partial charge < -0.3 is 25.7 Å². The van der Waals surface area contributed by atoms with Crippen LogP contribution < -0.4 is 16.0 Å². The number of amides is 1. The van der Waals surface area contributed by atoms with E-state index in [0.717, 1.165) is 42.6 Å². The molecule has 5 heterocycles. The summed E-state index contributed by atoms with van der Waals surface area (Å²) in [5.41, 5.74) is 7.65. The first kappa shape index (κ1) is 19.3. The Bertz CT molecular complexity index is 1130. The molecule has 3 aromatic heterocycles. The van der Waals surface area contributed by atoms with Gasteiger partial charge in [0.25, 0.3) is 5.91 Å². The number of hydrogen-bond acceptors (Lipinski definition) is 8. The summed E-state index contributed by atoms with van der Waals surface area (Å²) < 4.78 is 4.70. The van der Waals surface area contributed by atoms with Gasteiger partial charge in [0, 0.05) is 35.9 Å². The van der Waals surface area contributed by atoms with E-state index in [4.69, 9.17) is 10.5 Å². The lowest BCUT2D eigenvalue weighted by Gasteiger charge is -2.40. The highest BCUT2D eigenvalue weighted by Crippen LogP contribution is 2.40. The van der Waals surface area contributed by atoms with Crippen LogP contribution in [0, 0.1) is 0 Å². The molecule has 2 aliphatic heterocycles. The number of aromatic nitrogens is 4. The average molecular weight is 421 g/mol. The highest BCUT2D eigenvalue weighted by Gasteiger charge is 2.42. The number of methoxy groups -OCH3 is 1. The van der Waals surface area contributed by atoms with Crippen molar-refractivity contribution in [3.63, 3.8) is 0 Å². The number of H-pyrrole nitrogens is 1. The summed E-state index contributed by atoms with van der Waals surface area (Å²) in [5, 5.41) is 12.7. The number of hydrogen-bond donors (Lipinski definition) is 3. The fourth-order valence-electron chi connectivity index (χ4n) is 4.90. The number of nitrogens with two attached hydrogens (primary N) is 1. The Morgan fingerprint density at radius 3 is 2.61 bits per heavy atom. The maximum Gasteiger partial charge on any atom is 0.358 e. The molecule has 160 valence electrons. The Labute approximate surface area is 178 Å². The normalized spacial score (nSPS) is 22.5. The van der Waals surface area contributed by atoms with Crippen LogP contribution in [0.3, 0.4) is 0 Å². The first-order chi connectivity index (χ1) is 15.0. The van der Waals surface area contributed by atoms with Gasteiger partial charge in [0.2, 0.25) is 0 Å². The number of ether oxygens (including phenoxy) is 1. The van der Waals surface area contributed by atoms with Crippen LogP contribution in [-0.4, -0.2) is 57.3 Å². The summed E-state index contributed by atoms with van der Waals surface area (Å²) >= 11 is 0. The van der Waals surface area contributed by atoms with Crippen molar-refractivity contribution in [1.29, 1.82) is 0 Å². The van der Waals surface area contributed by atoms with Gasteiger partial charge >= 0.3 is 5.97 Å². The second-order valence-corrected chi connectivity index (χ2v) is 8.02. The molecule has 0 saturated carbocycles. The molecule has 2 aliphatic rings. The third-order valence-corrected chi connectivity index (χ3v) is 6.24. The Hall–Kier alpha value is -3.69. The van der Waals surface area contributed by atoms with Gasteiger partial charge in [0.05, 0.1) is 18.4 Å². The Morgan fingerprint density at radius 2 is 1.97 bits per heavy atom. The average Bonchev–Trinajstić information content (AvgIpc) is 3.36. The van der Waals surface area contributed by atoms with Gasteiger partial charge in [-0.15, -0.1) is 10.2 Å². The summed E-state index contributed by atoms with van der Waals surface area (Å²) in [7, 11) is 1.32. The molecule has 1 unspecified atom stereocenters. The van der Waals surface area contributed by atoms with Crippen molar-refractivity contribution < 1.29 is 14.3 Å². The molecule has 2 bridgehead atoms. The predicted octanol–water partition coefficient (Wildman–Crippen LogP) is 1.85. The van der Waals surface area contributed by atoms with E-state index in [-0.39, 0.29) is 11.7 Å². The van der Waals surface area contributed by atoms with Crippen molar-refractivity contribution in [1.82, 2.24) is 20.2 Å². The van der Waals surface area contributed by atoms with Crippen LogP contribution in [0.1, 0.15) is 46.5 Å². The van der Waals surface area contributed by atoms with E-state index in [9.17, 15) is 9.59 Å². The fourth-order valence-corrected chi connectivity index (χ4v) is 4.90. The highest BCUT2D eigenvalue weighted by molar-refractivity contribution is 6.06. The van der Waals surface area contributed by atoms with E-state index in [1.807, 2.05) is 12.1 Å². The number of nitrogens with zero attached hydrogens (tertiary/aromatic N) is 4. The number of aromatic amines is 1. The standard InChI is InChI=1S/C21H23N7O3/c1-31-21(30)16-4-5-17(27-26-16)28-12-2-3-13(28)9-11(8-12)25-18-14-6-7-23-20(14)24-10-15(18)19(22)29/h4-7,10-13H,2-3,8-9H2,1H3,(H2,22,29)(H2,23,24,25)/t11?,12-,13+. The van der Waals surface area contributed by atoms with Crippen LogP contribution in [0.5, 0.6) is 0 Å². The van der Waals surface area contributed by atoms with E-state index < -0.39 is 11.9 Å². The lowest BCUT2D eigenvalue weighted by Crippen LogP contribution is -2.47. The first-order valence-electron chi connectivity index (χ1n) is 10.3. The molecule has 2 saturated heterocycles. The molecule has 0 aromatic carbocycles. The Balaban J connectivity index is 1.37. The minimum Gasteiger partial charge on any atom is -0.464 e. The van der Waals surface area contributed by atoms with Crippen molar-refractivity contribution in [2.75, 3.05) is 17.3 Å². The molecule has 10 heteroatoms. The van der Waals surface area contributed by atoms with E-state index >= 15 is 0 Å². The van der Waals surface area contributed by atoms with Gasteiger partial charge in [0.15, 0.2) is 11.5 Å². The number of anilines is 2. The van der Waals surface area contributed by atoms with Crippen LogP contribution in [0.15, 0.2) is 30.6 Å². The molecule has 0 spiro atoms. The van der Waals surface area contributed by atoms with E-state index in [1.54, 1.807) is 12.3 Å². The minimum atomic E-state index is -0.500. The molecule has 5 rings (SSSR count). The van der Waals surface area contributed by atoms with Gasteiger partial charge in [0.1, 0.15) is 5.65 Å². The van der Waals surface area contributed by atoms with Gasteiger partial charge in [-0.05, 0) is 43.9 Å². The van der Waals surface area contributed by atoms with Crippen molar-refractivity contribution in [3.8, 4) is 0 Å². The van der Waals surface area contributed by atoms with Crippen molar-refractivity contribution in [3.05, 3.63) is 41.9 Å². The van der Waals surface area contributed by atoms with Crippen molar-refractivity contribution in [2.24, 2.45) is 5.73 Å². The molecule has 3 atom stereocenters. The number of nitrogens with one attached hydrogen (secondary N) is 2. The van der Waals surface area contributed by atoms with E-state index in [2.05, 4.69) is 30.4 Å². The Kier molecular flexibility index (Phi) is 4.68. The molecule has 0 radical (unpaired) electrons. The molecular weight excluding hydrogens is 398 g/mol. The number of piperidine rings is 1. The third-order valence-electron chi connectivity index (χ3n) is 6.24. The van der Waals surface area contributed by atoms with Crippen LogP contribution in [0.25, 0.3) is 11.0 Å². The maximum atomic E-state index is 12.0. The molecule has 31 heavy (non-hydrogen) atoms. The number of carbonyl (C=O) groups is 2. The number of esters is 1. The number of fused-ring (bicyclic) bond motifs is 3. The zero-order valence-electron chi connectivity index (χ0n) is 17.0. The van der Waals surface area contributed by atoms with Crippen LogP contribution in [-0.2, 0) is 4.74 Å². The van der Waals surface area contributed by atoms with Gasteiger partial charge in [-0.3, -0.25) is 4.79 Å². The highest BCUT2D eigenvalue weighted by atomic mass is 16.5. The number of rotatable bonds is 5. The van der Waals surface area contributed by atoms with E-state index in [1.165, 1.54) is 13.3 Å². The molecule has 10 nitrogen and oxygen atoms in total. The molecule has 2 fully saturated rings. The summed E-state index contributed by atoms with van der Waals surface area (Å²) in [4.78, 5) is 33.3. The van der Waals surface area contributed by atoms with Crippen molar-refractivity contribution in [2.45, 2.75) is 43.8 Å². The second-order valence-electron chi connectivity index (χ2n) is 8.02. The fraction of sp³-hybridized carbons (Fsp3) is 0.381. The lowest BCUT2D eigenvalue weighted by molar-refractivity contribution is 0.0592. The molecule has 0 aliphatic carbocycles. The van der Waals surface area contributed by atoms with Gasteiger partial charge in [-0.2, -0.15) is 0 Å².